The van der Waals surface area contributed by atoms with Gasteiger partial charge in [0.05, 0.1) is 0 Å². The standard InChI is InChI=1S/C12H18N2O2S2/c1-9-4-5-12(17-9)18(15,16)14-7-10-3-2-6-13-11(10)8-14/h4-5,10-11,13H,2-3,6-8H2,1H3/t10-,11+/m0/s1. The van der Waals surface area contributed by atoms with Gasteiger partial charge in [0.25, 0.3) is 10.0 Å². The smallest absolute Gasteiger partial charge is 0.252 e. The summed E-state index contributed by atoms with van der Waals surface area (Å²) < 4.78 is 27.1. The Morgan fingerprint density at radius 2 is 2.22 bits per heavy atom. The fourth-order valence-electron chi connectivity index (χ4n) is 2.88. The summed E-state index contributed by atoms with van der Waals surface area (Å²) in [6.45, 7) is 4.27. The van der Waals surface area contributed by atoms with Crippen LogP contribution in [0.3, 0.4) is 0 Å². The summed E-state index contributed by atoms with van der Waals surface area (Å²) in [5.74, 6) is 0.495. The van der Waals surface area contributed by atoms with Crippen LogP contribution in [0, 0.1) is 12.8 Å². The third-order valence-electron chi connectivity index (χ3n) is 3.88. The summed E-state index contributed by atoms with van der Waals surface area (Å²) in [7, 11) is -3.26. The zero-order chi connectivity index (χ0) is 12.8. The molecule has 0 spiro atoms. The van der Waals surface area contributed by atoms with Crippen molar-refractivity contribution < 1.29 is 8.42 Å². The zero-order valence-electron chi connectivity index (χ0n) is 10.4. The minimum atomic E-state index is -3.26. The fraction of sp³-hybridized carbons (Fsp3) is 0.667. The van der Waals surface area contributed by atoms with Crippen molar-refractivity contribution in [3.8, 4) is 0 Å². The van der Waals surface area contributed by atoms with Crippen molar-refractivity contribution in [2.45, 2.75) is 30.0 Å². The highest BCUT2D eigenvalue weighted by Gasteiger charge is 2.40. The first kappa shape index (κ1) is 12.6. The highest BCUT2D eigenvalue weighted by Crippen LogP contribution is 2.31. The van der Waals surface area contributed by atoms with Crippen molar-refractivity contribution >= 4 is 21.4 Å². The van der Waals surface area contributed by atoms with Crippen molar-refractivity contribution in [1.29, 1.82) is 0 Å². The molecule has 0 aliphatic carbocycles. The number of rotatable bonds is 2. The van der Waals surface area contributed by atoms with Gasteiger partial charge in [-0.25, -0.2) is 8.42 Å². The number of thiophene rings is 1. The first-order valence-electron chi connectivity index (χ1n) is 6.37. The summed E-state index contributed by atoms with van der Waals surface area (Å²) in [6.07, 6.45) is 2.31. The van der Waals surface area contributed by atoms with Gasteiger partial charge in [0.15, 0.2) is 0 Å². The van der Waals surface area contributed by atoms with Crippen LogP contribution in [0.4, 0.5) is 0 Å². The SMILES string of the molecule is Cc1ccc(S(=O)(=O)N2C[C@@H]3CCCN[C@@H]3C2)s1. The molecule has 1 aromatic heterocycles. The third kappa shape index (κ3) is 2.11. The monoisotopic (exact) mass is 286 g/mol. The average molecular weight is 286 g/mol. The maximum atomic E-state index is 12.5. The van der Waals surface area contributed by atoms with Crippen LogP contribution in [0.1, 0.15) is 17.7 Å². The van der Waals surface area contributed by atoms with Gasteiger partial charge in [-0.15, -0.1) is 11.3 Å². The molecule has 3 heterocycles. The highest BCUT2D eigenvalue weighted by atomic mass is 32.2. The molecule has 4 nitrogen and oxygen atoms in total. The van der Waals surface area contributed by atoms with E-state index in [0.29, 0.717) is 29.3 Å². The van der Waals surface area contributed by atoms with E-state index < -0.39 is 10.0 Å². The van der Waals surface area contributed by atoms with E-state index in [1.807, 2.05) is 13.0 Å². The molecule has 18 heavy (non-hydrogen) atoms. The third-order valence-corrected chi connectivity index (χ3v) is 7.18. The van der Waals surface area contributed by atoms with Crippen LogP contribution in [0.25, 0.3) is 0 Å². The van der Waals surface area contributed by atoms with E-state index in [-0.39, 0.29) is 0 Å². The zero-order valence-corrected chi connectivity index (χ0v) is 12.1. The maximum absolute atomic E-state index is 12.5. The Labute approximate surface area is 112 Å². The van der Waals surface area contributed by atoms with E-state index in [9.17, 15) is 8.42 Å². The Balaban J connectivity index is 1.83. The van der Waals surface area contributed by atoms with Crippen LogP contribution < -0.4 is 5.32 Å². The second-order valence-electron chi connectivity index (χ2n) is 5.15. The molecule has 0 saturated carbocycles. The maximum Gasteiger partial charge on any atom is 0.252 e. The lowest BCUT2D eigenvalue weighted by molar-refractivity contribution is 0.339. The van der Waals surface area contributed by atoms with Crippen LogP contribution in [0.15, 0.2) is 16.3 Å². The number of nitrogens with one attached hydrogen (secondary N) is 1. The number of aryl methyl sites for hydroxylation is 1. The molecule has 0 aromatic carbocycles. The van der Waals surface area contributed by atoms with Gasteiger partial charge >= 0.3 is 0 Å². The van der Waals surface area contributed by atoms with Crippen molar-refractivity contribution in [1.82, 2.24) is 9.62 Å². The molecule has 3 rings (SSSR count). The van der Waals surface area contributed by atoms with Gasteiger partial charge in [0, 0.05) is 24.0 Å². The molecule has 2 aliphatic heterocycles. The lowest BCUT2D eigenvalue weighted by Crippen LogP contribution is -2.41. The Kier molecular flexibility index (Phi) is 3.21. The predicted octanol–water partition coefficient (Wildman–Crippen LogP) is 1.43. The van der Waals surface area contributed by atoms with E-state index in [1.165, 1.54) is 11.3 Å². The van der Waals surface area contributed by atoms with Crippen molar-refractivity contribution in [3.05, 3.63) is 17.0 Å². The summed E-state index contributed by atoms with van der Waals surface area (Å²) in [4.78, 5) is 1.04. The van der Waals surface area contributed by atoms with Crippen LogP contribution in [-0.4, -0.2) is 38.4 Å². The van der Waals surface area contributed by atoms with Gasteiger partial charge in [-0.1, -0.05) is 0 Å². The second kappa shape index (κ2) is 4.59. The molecular weight excluding hydrogens is 268 g/mol. The molecule has 2 fully saturated rings. The molecule has 100 valence electrons. The largest absolute Gasteiger partial charge is 0.312 e. The molecule has 1 aromatic rings. The first-order chi connectivity index (χ1) is 8.57. The van der Waals surface area contributed by atoms with Crippen LogP contribution >= 0.6 is 11.3 Å². The summed E-state index contributed by atoms with van der Waals surface area (Å²) in [5.41, 5.74) is 0. The summed E-state index contributed by atoms with van der Waals surface area (Å²) in [6, 6.07) is 3.96. The number of nitrogens with zero attached hydrogens (tertiary/aromatic N) is 1. The average Bonchev–Trinajstić information content (AvgIpc) is 2.94. The van der Waals surface area contributed by atoms with Crippen LogP contribution in [0.5, 0.6) is 0 Å². The molecule has 0 bridgehead atoms. The van der Waals surface area contributed by atoms with E-state index in [0.717, 1.165) is 24.3 Å². The van der Waals surface area contributed by atoms with E-state index in [1.54, 1.807) is 10.4 Å². The van der Waals surface area contributed by atoms with E-state index >= 15 is 0 Å². The van der Waals surface area contributed by atoms with Crippen LogP contribution in [0.2, 0.25) is 0 Å². The number of sulfonamides is 1. The molecule has 0 unspecified atom stereocenters. The summed E-state index contributed by atoms with van der Waals surface area (Å²) >= 11 is 1.36. The minimum Gasteiger partial charge on any atom is -0.312 e. The highest BCUT2D eigenvalue weighted by molar-refractivity contribution is 7.91. The number of fused-ring (bicyclic) bond motifs is 1. The lowest BCUT2D eigenvalue weighted by atomic mass is 9.94. The van der Waals surface area contributed by atoms with Gasteiger partial charge < -0.3 is 5.32 Å². The second-order valence-corrected chi connectivity index (χ2v) is 8.60. The van der Waals surface area contributed by atoms with Crippen molar-refractivity contribution in [2.75, 3.05) is 19.6 Å². The van der Waals surface area contributed by atoms with Gasteiger partial charge in [-0.2, -0.15) is 4.31 Å². The Hall–Kier alpha value is -0.430. The molecular formula is C12H18N2O2S2. The molecule has 6 heteroatoms. The Morgan fingerprint density at radius 3 is 2.89 bits per heavy atom. The predicted molar refractivity (Wildman–Crippen MR) is 72.3 cm³/mol. The molecule has 2 saturated heterocycles. The molecule has 2 atom stereocenters. The number of hydrogen-bond donors (Lipinski definition) is 1. The number of hydrogen-bond acceptors (Lipinski definition) is 4. The Morgan fingerprint density at radius 1 is 1.39 bits per heavy atom. The first-order valence-corrected chi connectivity index (χ1v) is 8.63. The Bertz CT molecular complexity index is 524. The van der Waals surface area contributed by atoms with Gasteiger partial charge in [0.1, 0.15) is 4.21 Å². The lowest BCUT2D eigenvalue weighted by Gasteiger charge is -2.24. The van der Waals surface area contributed by atoms with E-state index in [4.69, 9.17) is 0 Å². The quantitative estimate of drug-likeness (QED) is 0.895. The fourth-order valence-corrected chi connectivity index (χ4v) is 5.84. The minimum absolute atomic E-state index is 0.356. The normalized spacial score (nSPS) is 29.4. The molecule has 0 radical (unpaired) electrons. The number of piperidine rings is 1. The van der Waals surface area contributed by atoms with Crippen molar-refractivity contribution in [3.63, 3.8) is 0 Å². The van der Waals surface area contributed by atoms with Gasteiger partial charge in [-0.05, 0) is 44.4 Å². The molecule has 2 aliphatic rings. The molecule has 0 amide bonds. The molecule has 1 N–H and O–H groups in total. The van der Waals surface area contributed by atoms with Crippen LogP contribution in [-0.2, 0) is 10.0 Å². The topological polar surface area (TPSA) is 49.4 Å². The van der Waals surface area contributed by atoms with Gasteiger partial charge in [0.2, 0.25) is 0 Å². The van der Waals surface area contributed by atoms with Gasteiger partial charge in [-0.3, -0.25) is 0 Å². The van der Waals surface area contributed by atoms with Crippen molar-refractivity contribution in [2.24, 2.45) is 5.92 Å². The summed E-state index contributed by atoms with van der Waals surface area (Å²) in [5, 5.41) is 3.44. The van der Waals surface area contributed by atoms with E-state index in [2.05, 4.69) is 5.32 Å².